The standard InChI is InChI=1S/C12H19FN4O3S/c1-3-5-14-11-10(13)9(4-6-15-11)12(18)16-7-8-17-21(2,19)20/h4,6,17H,3,5,7-8H2,1-2H3,(H,14,15)(H,16,18). The van der Waals surface area contributed by atoms with Crippen LogP contribution in [-0.2, 0) is 10.0 Å². The SMILES string of the molecule is CCCNc1nccc(C(=O)NCCNS(C)(=O)=O)c1F. The Balaban J connectivity index is 2.61. The van der Waals surface area contributed by atoms with Gasteiger partial charge in [-0.05, 0) is 12.5 Å². The Morgan fingerprint density at radius 3 is 2.67 bits per heavy atom. The summed E-state index contributed by atoms with van der Waals surface area (Å²) in [5.74, 6) is -1.32. The molecule has 3 N–H and O–H groups in total. The first-order valence-corrected chi connectivity index (χ1v) is 8.35. The van der Waals surface area contributed by atoms with Gasteiger partial charge in [0.2, 0.25) is 10.0 Å². The number of halogens is 1. The maximum atomic E-state index is 14.0. The number of nitrogens with one attached hydrogen (secondary N) is 3. The van der Waals surface area contributed by atoms with E-state index in [2.05, 4.69) is 20.3 Å². The van der Waals surface area contributed by atoms with Crippen molar-refractivity contribution in [3.05, 3.63) is 23.6 Å². The molecule has 0 aliphatic carbocycles. The molecule has 1 aromatic rings. The predicted octanol–water partition coefficient (Wildman–Crippen LogP) is 0.322. The smallest absolute Gasteiger partial charge is 0.254 e. The van der Waals surface area contributed by atoms with Gasteiger partial charge in [-0.3, -0.25) is 4.79 Å². The number of rotatable bonds is 8. The lowest BCUT2D eigenvalue weighted by Gasteiger charge is -2.09. The number of carbonyl (C=O) groups excluding carboxylic acids is 1. The Morgan fingerprint density at radius 2 is 2.05 bits per heavy atom. The van der Waals surface area contributed by atoms with E-state index in [1.54, 1.807) is 0 Å². The summed E-state index contributed by atoms with van der Waals surface area (Å²) in [5.41, 5.74) is -0.136. The summed E-state index contributed by atoms with van der Waals surface area (Å²) in [6, 6.07) is 1.27. The normalized spacial score (nSPS) is 11.2. The molecule has 0 spiro atoms. The molecular weight excluding hydrogens is 299 g/mol. The fraction of sp³-hybridized carbons (Fsp3) is 0.500. The van der Waals surface area contributed by atoms with E-state index >= 15 is 0 Å². The molecule has 0 aliphatic heterocycles. The van der Waals surface area contributed by atoms with Gasteiger partial charge in [0.25, 0.3) is 5.91 Å². The average molecular weight is 318 g/mol. The van der Waals surface area contributed by atoms with Crippen LogP contribution >= 0.6 is 0 Å². The van der Waals surface area contributed by atoms with Crippen molar-refractivity contribution in [2.75, 3.05) is 31.2 Å². The van der Waals surface area contributed by atoms with Crippen molar-refractivity contribution in [2.24, 2.45) is 0 Å². The molecule has 21 heavy (non-hydrogen) atoms. The van der Waals surface area contributed by atoms with Gasteiger partial charge in [0.15, 0.2) is 11.6 Å². The summed E-state index contributed by atoms with van der Waals surface area (Å²) in [7, 11) is -3.31. The third-order valence-corrected chi connectivity index (χ3v) is 3.18. The molecule has 0 atom stereocenters. The molecule has 1 aromatic heterocycles. The van der Waals surface area contributed by atoms with Gasteiger partial charge in [-0.2, -0.15) is 0 Å². The van der Waals surface area contributed by atoms with Crippen LogP contribution in [0, 0.1) is 5.82 Å². The second kappa shape index (κ2) is 7.89. The lowest BCUT2D eigenvalue weighted by atomic mass is 10.2. The van der Waals surface area contributed by atoms with Gasteiger partial charge in [0.05, 0.1) is 11.8 Å². The number of anilines is 1. The van der Waals surface area contributed by atoms with Crippen LogP contribution in [0.25, 0.3) is 0 Å². The Hall–Kier alpha value is -1.74. The zero-order valence-electron chi connectivity index (χ0n) is 11.9. The molecule has 0 bridgehead atoms. The third kappa shape index (κ3) is 6.05. The maximum Gasteiger partial charge on any atom is 0.254 e. The molecule has 0 radical (unpaired) electrons. The van der Waals surface area contributed by atoms with Crippen LogP contribution in [0.15, 0.2) is 12.3 Å². The number of hydrogen-bond acceptors (Lipinski definition) is 5. The monoisotopic (exact) mass is 318 g/mol. The van der Waals surface area contributed by atoms with Crippen molar-refractivity contribution in [3.63, 3.8) is 0 Å². The van der Waals surface area contributed by atoms with Crippen LogP contribution < -0.4 is 15.4 Å². The minimum Gasteiger partial charge on any atom is -0.368 e. The molecular formula is C12H19FN4O3S. The van der Waals surface area contributed by atoms with E-state index in [-0.39, 0.29) is 24.5 Å². The topological polar surface area (TPSA) is 100 Å². The number of carbonyl (C=O) groups is 1. The lowest BCUT2D eigenvalue weighted by Crippen LogP contribution is -2.34. The molecule has 0 aliphatic rings. The maximum absolute atomic E-state index is 14.0. The first-order valence-electron chi connectivity index (χ1n) is 6.46. The lowest BCUT2D eigenvalue weighted by molar-refractivity contribution is 0.0950. The van der Waals surface area contributed by atoms with E-state index in [1.807, 2.05) is 6.92 Å². The summed E-state index contributed by atoms with van der Waals surface area (Å²) < 4.78 is 38.0. The van der Waals surface area contributed by atoms with Crippen LogP contribution in [0.2, 0.25) is 0 Å². The highest BCUT2D eigenvalue weighted by Gasteiger charge is 2.15. The summed E-state index contributed by atoms with van der Waals surface area (Å²) in [4.78, 5) is 15.7. The van der Waals surface area contributed by atoms with Gasteiger partial charge in [-0.15, -0.1) is 0 Å². The summed E-state index contributed by atoms with van der Waals surface area (Å²) in [5, 5.41) is 5.22. The van der Waals surface area contributed by atoms with Crippen molar-refractivity contribution in [1.82, 2.24) is 15.0 Å². The first kappa shape index (κ1) is 17.3. The quantitative estimate of drug-likeness (QED) is 0.600. The van der Waals surface area contributed by atoms with Gasteiger partial charge < -0.3 is 10.6 Å². The van der Waals surface area contributed by atoms with Gasteiger partial charge >= 0.3 is 0 Å². The number of aromatic nitrogens is 1. The zero-order chi connectivity index (χ0) is 15.9. The van der Waals surface area contributed by atoms with E-state index in [0.717, 1.165) is 12.7 Å². The fourth-order valence-electron chi connectivity index (χ4n) is 1.49. The Bertz CT molecular complexity index is 592. The molecule has 9 heteroatoms. The molecule has 0 saturated heterocycles. The van der Waals surface area contributed by atoms with Crippen LogP contribution in [0.1, 0.15) is 23.7 Å². The number of hydrogen-bond donors (Lipinski definition) is 3. The van der Waals surface area contributed by atoms with Gasteiger partial charge in [-0.25, -0.2) is 22.5 Å². The molecule has 0 aromatic carbocycles. The molecule has 1 heterocycles. The van der Waals surface area contributed by atoms with E-state index in [9.17, 15) is 17.6 Å². The van der Waals surface area contributed by atoms with Crippen molar-refractivity contribution in [3.8, 4) is 0 Å². The number of nitrogens with zero attached hydrogens (tertiary/aromatic N) is 1. The summed E-state index contributed by atoms with van der Waals surface area (Å²) in [6.07, 6.45) is 3.16. The molecule has 0 unspecified atom stereocenters. The van der Waals surface area contributed by atoms with Crippen molar-refractivity contribution in [1.29, 1.82) is 0 Å². The third-order valence-electron chi connectivity index (χ3n) is 2.45. The molecule has 0 fully saturated rings. The Kier molecular flexibility index (Phi) is 6.50. The Morgan fingerprint density at radius 1 is 1.33 bits per heavy atom. The largest absolute Gasteiger partial charge is 0.368 e. The van der Waals surface area contributed by atoms with E-state index in [4.69, 9.17) is 0 Å². The van der Waals surface area contributed by atoms with Gasteiger partial charge in [0, 0.05) is 25.8 Å². The molecule has 1 amide bonds. The highest BCUT2D eigenvalue weighted by molar-refractivity contribution is 7.88. The fourth-order valence-corrected chi connectivity index (χ4v) is 1.97. The number of amides is 1. The van der Waals surface area contributed by atoms with Crippen LogP contribution in [0.4, 0.5) is 10.2 Å². The van der Waals surface area contributed by atoms with Crippen molar-refractivity contribution >= 4 is 21.7 Å². The highest BCUT2D eigenvalue weighted by Crippen LogP contribution is 2.14. The minimum atomic E-state index is -3.31. The second-order valence-corrected chi connectivity index (χ2v) is 6.20. The van der Waals surface area contributed by atoms with E-state index in [1.165, 1.54) is 12.3 Å². The molecule has 1 rings (SSSR count). The van der Waals surface area contributed by atoms with Gasteiger partial charge in [-0.1, -0.05) is 6.92 Å². The molecule has 118 valence electrons. The van der Waals surface area contributed by atoms with Crippen molar-refractivity contribution in [2.45, 2.75) is 13.3 Å². The van der Waals surface area contributed by atoms with Crippen LogP contribution in [-0.4, -0.2) is 45.2 Å². The predicted molar refractivity (Wildman–Crippen MR) is 78.2 cm³/mol. The number of pyridine rings is 1. The zero-order valence-corrected chi connectivity index (χ0v) is 12.8. The van der Waals surface area contributed by atoms with Crippen LogP contribution in [0.3, 0.4) is 0 Å². The van der Waals surface area contributed by atoms with Gasteiger partial charge in [0.1, 0.15) is 0 Å². The second-order valence-electron chi connectivity index (χ2n) is 4.37. The summed E-state index contributed by atoms with van der Waals surface area (Å²) in [6.45, 7) is 2.58. The molecule has 0 saturated carbocycles. The highest BCUT2D eigenvalue weighted by atomic mass is 32.2. The summed E-state index contributed by atoms with van der Waals surface area (Å²) >= 11 is 0. The average Bonchev–Trinajstić information content (AvgIpc) is 2.41. The van der Waals surface area contributed by atoms with Crippen LogP contribution in [0.5, 0.6) is 0 Å². The van der Waals surface area contributed by atoms with Crippen molar-refractivity contribution < 1.29 is 17.6 Å². The van der Waals surface area contributed by atoms with E-state index in [0.29, 0.717) is 6.54 Å². The first-order chi connectivity index (χ1) is 9.85. The number of sulfonamides is 1. The van der Waals surface area contributed by atoms with E-state index < -0.39 is 21.7 Å². The Labute approximate surface area is 123 Å². The minimum absolute atomic E-state index is 0.0266. The molecule has 7 nitrogen and oxygen atoms in total.